The van der Waals surface area contributed by atoms with Crippen LogP contribution in [0.2, 0.25) is 0 Å². The smallest absolute Gasteiger partial charge is 0.223 e. The number of nitrogens with one attached hydrogen (secondary N) is 1. The van der Waals surface area contributed by atoms with Crippen molar-refractivity contribution in [1.29, 1.82) is 0 Å². The van der Waals surface area contributed by atoms with Crippen LogP contribution in [0.1, 0.15) is 37.2 Å². The maximum Gasteiger partial charge on any atom is 0.223 e. The number of hydrogen-bond acceptors (Lipinski definition) is 4. The van der Waals surface area contributed by atoms with Gasteiger partial charge in [0.2, 0.25) is 5.89 Å². The van der Waals surface area contributed by atoms with Crippen LogP contribution in [-0.2, 0) is 6.54 Å². The van der Waals surface area contributed by atoms with Gasteiger partial charge in [0, 0.05) is 25.4 Å². The standard InChI is InChI=1S/C13H20N4O/c1-9(2)13(14-4)11-5-6-17(7-11)8-12-15-10(3)18-16-12/h5-7,9,13-14H,8H2,1-4H3. The van der Waals surface area contributed by atoms with E-state index in [0.29, 0.717) is 30.2 Å². The summed E-state index contributed by atoms with van der Waals surface area (Å²) in [6.07, 6.45) is 4.18. The minimum absolute atomic E-state index is 0.373. The first-order valence-corrected chi connectivity index (χ1v) is 6.22. The van der Waals surface area contributed by atoms with Gasteiger partial charge in [0.25, 0.3) is 0 Å². The Labute approximate surface area is 107 Å². The molecule has 2 rings (SSSR count). The van der Waals surface area contributed by atoms with Crippen molar-refractivity contribution in [2.45, 2.75) is 33.4 Å². The first kappa shape index (κ1) is 12.8. The van der Waals surface area contributed by atoms with E-state index in [1.807, 2.05) is 13.2 Å². The fraction of sp³-hybridized carbons (Fsp3) is 0.538. The van der Waals surface area contributed by atoms with Crippen LogP contribution in [-0.4, -0.2) is 21.8 Å². The van der Waals surface area contributed by atoms with E-state index in [1.54, 1.807) is 6.92 Å². The second-order valence-corrected chi connectivity index (χ2v) is 4.86. The van der Waals surface area contributed by atoms with Crippen LogP contribution in [0.5, 0.6) is 0 Å². The third kappa shape index (κ3) is 2.79. The Morgan fingerprint density at radius 1 is 1.44 bits per heavy atom. The van der Waals surface area contributed by atoms with E-state index in [9.17, 15) is 0 Å². The molecule has 2 heterocycles. The maximum absolute atomic E-state index is 4.96. The Morgan fingerprint density at radius 3 is 2.78 bits per heavy atom. The molecule has 0 aromatic carbocycles. The summed E-state index contributed by atoms with van der Waals surface area (Å²) < 4.78 is 7.04. The van der Waals surface area contributed by atoms with E-state index >= 15 is 0 Å². The van der Waals surface area contributed by atoms with Gasteiger partial charge in [-0.05, 0) is 24.6 Å². The average molecular weight is 248 g/mol. The quantitative estimate of drug-likeness (QED) is 0.880. The summed E-state index contributed by atoms with van der Waals surface area (Å²) in [6.45, 7) is 6.86. The van der Waals surface area contributed by atoms with Gasteiger partial charge in [0.1, 0.15) is 0 Å². The Hall–Kier alpha value is -1.62. The summed E-state index contributed by atoms with van der Waals surface area (Å²) in [5.74, 6) is 1.87. The van der Waals surface area contributed by atoms with Gasteiger partial charge in [-0.3, -0.25) is 0 Å². The highest BCUT2D eigenvalue weighted by atomic mass is 16.5. The van der Waals surface area contributed by atoms with Gasteiger partial charge in [-0.25, -0.2) is 0 Å². The van der Waals surface area contributed by atoms with Crippen LogP contribution < -0.4 is 5.32 Å². The van der Waals surface area contributed by atoms with Gasteiger partial charge >= 0.3 is 0 Å². The normalized spacial score (nSPS) is 13.2. The molecular formula is C13H20N4O. The minimum Gasteiger partial charge on any atom is -0.346 e. The number of hydrogen-bond donors (Lipinski definition) is 1. The fourth-order valence-corrected chi connectivity index (χ4v) is 2.20. The van der Waals surface area contributed by atoms with Crippen LogP contribution in [0.4, 0.5) is 0 Å². The lowest BCUT2D eigenvalue weighted by Gasteiger charge is -2.18. The van der Waals surface area contributed by atoms with Crippen LogP contribution in [0.25, 0.3) is 0 Å². The molecule has 98 valence electrons. The highest BCUT2D eigenvalue weighted by molar-refractivity contribution is 5.16. The van der Waals surface area contributed by atoms with Crippen molar-refractivity contribution in [3.05, 3.63) is 35.7 Å². The van der Waals surface area contributed by atoms with E-state index < -0.39 is 0 Å². The molecule has 0 saturated carbocycles. The van der Waals surface area contributed by atoms with Gasteiger partial charge in [0.05, 0.1) is 6.54 Å². The first-order valence-electron chi connectivity index (χ1n) is 6.22. The fourth-order valence-electron chi connectivity index (χ4n) is 2.20. The van der Waals surface area contributed by atoms with Gasteiger partial charge in [-0.1, -0.05) is 19.0 Å². The van der Waals surface area contributed by atoms with Crippen molar-refractivity contribution < 1.29 is 4.52 Å². The SMILES string of the molecule is CNC(c1ccn(Cc2noc(C)n2)c1)C(C)C. The number of aryl methyl sites for hydroxylation is 1. The zero-order valence-electron chi connectivity index (χ0n) is 11.3. The van der Waals surface area contributed by atoms with Gasteiger partial charge in [-0.15, -0.1) is 0 Å². The molecule has 1 atom stereocenters. The van der Waals surface area contributed by atoms with Crippen molar-refractivity contribution in [3.8, 4) is 0 Å². The third-order valence-corrected chi connectivity index (χ3v) is 3.00. The highest BCUT2D eigenvalue weighted by Crippen LogP contribution is 2.21. The number of aromatic nitrogens is 3. The van der Waals surface area contributed by atoms with Gasteiger partial charge in [0.15, 0.2) is 5.82 Å². The molecule has 0 aliphatic rings. The topological polar surface area (TPSA) is 55.9 Å². The van der Waals surface area contributed by atoms with Crippen molar-refractivity contribution in [2.24, 2.45) is 5.92 Å². The zero-order valence-corrected chi connectivity index (χ0v) is 11.3. The molecule has 0 spiro atoms. The summed E-state index contributed by atoms with van der Waals surface area (Å²) >= 11 is 0. The van der Waals surface area contributed by atoms with Crippen LogP contribution in [0.3, 0.4) is 0 Å². The lowest BCUT2D eigenvalue weighted by atomic mass is 9.99. The molecule has 1 unspecified atom stereocenters. The average Bonchev–Trinajstić information content (AvgIpc) is 2.90. The molecule has 1 N–H and O–H groups in total. The monoisotopic (exact) mass is 248 g/mol. The molecule has 18 heavy (non-hydrogen) atoms. The van der Waals surface area contributed by atoms with Gasteiger partial charge in [-0.2, -0.15) is 4.98 Å². The molecule has 5 nitrogen and oxygen atoms in total. The predicted molar refractivity (Wildman–Crippen MR) is 69.2 cm³/mol. The molecule has 0 radical (unpaired) electrons. The van der Waals surface area contributed by atoms with Crippen LogP contribution >= 0.6 is 0 Å². The van der Waals surface area contributed by atoms with Crippen LogP contribution in [0.15, 0.2) is 23.0 Å². The van der Waals surface area contributed by atoms with Crippen molar-refractivity contribution in [2.75, 3.05) is 7.05 Å². The minimum atomic E-state index is 0.373. The molecular weight excluding hydrogens is 228 g/mol. The summed E-state index contributed by atoms with van der Waals surface area (Å²) in [5.41, 5.74) is 1.28. The van der Waals surface area contributed by atoms with E-state index in [-0.39, 0.29) is 0 Å². The van der Waals surface area contributed by atoms with E-state index in [1.165, 1.54) is 5.56 Å². The van der Waals surface area contributed by atoms with Crippen molar-refractivity contribution >= 4 is 0 Å². The Morgan fingerprint density at radius 2 is 2.22 bits per heavy atom. The zero-order chi connectivity index (χ0) is 13.1. The molecule has 0 amide bonds. The summed E-state index contributed by atoms with van der Waals surface area (Å²) in [4.78, 5) is 4.20. The van der Waals surface area contributed by atoms with Crippen LogP contribution in [0, 0.1) is 12.8 Å². The molecule has 0 fully saturated rings. The van der Waals surface area contributed by atoms with Gasteiger partial charge < -0.3 is 14.4 Å². The lowest BCUT2D eigenvalue weighted by molar-refractivity contribution is 0.386. The molecule has 2 aromatic rings. The maximum atomic E-state index is 4.96. The number of rotatable bonds is 5. The predicted octanol–water partition coefficient (Wildman–Crippen LogP) is 2.14. The summed E-state index contributed by atoms with van der Waals surface area (Å²) in [6, 6.07) is 2.51. The van der Waals surface area contributed by atoms with E-state index in [4.69, 9.17) is 4.52 Å². The lowest BCUT2D eigenvalue weighted by Crippen LogP contribution is -2.21. The Bertz CT molecular complexity index is 501. The van der Waals surface area contributed by atoms with Crippen molar-refractivity contribution in [1.82, 2.24) is 20.0 Å². The second-order valence-electron chi connectivity index (χ2n) is 4.86. The summed E-state index contributed by atoms with van der Waals surface area (Å²) in [7, 11) is 1.99. The molecule has 0 aliphatic carbocycles. The highest BCUT2D eigenvalue weighted by Gasteiger charge is 2.14. The molecule has 5 heteroatoms. The molecule has 0 bridgehead atoms. The largest absolute Gasteiger partial charge is 0.346 e. The second kappa shape index (κ2) is 5.35. The molecule has 0 aliphatic heterocycles. The number of nitrogens with zero attached hydrogens (tertiary/aromatic N) is 3. The molecule has 0 saturated heterocycles. The first-order chi connectivity index (χ1) is 8.60. The summed E-state index contributed by atoms with van der Waals surface area (Å²) in [5, 5.41) is 7.23. The molecule has 2 aromatic heterocycles. The Balaban J connectivity index is 2.10. The van der Waals surface area contributed by atoms with E-state index in [0.717, 1.165) is 0 Å². The van der Waals surface area contributed by atoms with E-state index in [2.05, 4.69) is 46.1 Å². The van der Waals surface area contributed by atoms with Crippen molar-refractivity contribution in [3.63, 3.8) is 0 Å². The Kier molecular flexibility index (Phi) is 3.81. The third-order valence-electron chi connectivity index (χ3n) is 3.00.